The molecule has 0 radical (unpaired) electrons. The van der Waals surface area contributed by atoms with Crippen molar-refractivity contribution < 1.29 is 9.47 Å². The summed E-state index contributed by atoms with van der Waals surface area (Å²) in [6.07, 6.45) is 6.87. The largest absolute Gasteiger partial charge is 0.489 e. The summed E-state index contributed by atoms with van der Waals surface area (Å²) in [5, 5.41) is 0. The number of halogens is 1. The number of hydrogen-bond acceptors (Lipinski definition) is 2. The summed E-state index contributed by atoms with van der Waals surface area (Å²) < 4.78 is 13.6. The van der Waals surface area contributed by atoms with Gasteiger partial charge >= 0.3 is 0 Å². The highest BCUT2D eigenvalue weighted by atomic mass is 79.9. The smallest absolute Gasteiger partial charge is 0.123 e. The van der Waals surface area contributed by atoms with E-state index in [9.17, 15) is 0 Å². The van der Waals surface area contributed by atoms with Gasteiger partial charge in [0.2, 0.25) is 0 Å². The third-order valence-electron chi connectivity index (χ3n) is 5.85. The molecule has 0 aromatic heterocycles. The predicted molar refractivity (Wildman–Crippen MR) is 86.8 cm³/mol. The molecule has 3 heterocycles. The van der Waals surface area contributed by atoms with Crippen LogP contribution in [0, 0.1) is 5.41 Å². The van der Waals surface area contributed by atoms with Gasteiger partial charge in [-0.05, 0) is 55.7 Å². The molecule has 1 atom stereocenters. The van der Waals surface area contributed by atoms with Crippen molar-refractivity contribution in [1.29, 1.82) is 0 Å². The highest BCUT2D eigenvalue weighted by Crippen LogP contribution is 2.52. The van der Waals surface area contributed by atoms with Crippen LogP contribution in [-0.4, -0.2) is 18.8 Å². The normalized spacial score (nSPS) is 36.9. The Balaban J connectivity index is 1.69. The minimum absolute atomic E-state index is 0.158. The molecule has 3 heteroatoms. The molecule has 5 rings (SSSR count). The van der Waals surface area contributed by atoms with Gasteiger partial charge in [-0.25, -0.2) is 0 Å². The van der Waals surface area contributed by atoms with Crippen LogP contribution < -0.4 is 4.74 Å². The van der Waals surface area contributed by atoms with Crippen molar-refractivity contribution >= 4 is 15.9 Å². The highest BCUT2D eigenvalue weighted by Gasteiger charge is 2.51. The molecule has 0 N–H and O–H groups in total. The second kappa shape index (κ2) is 4.73. The van der Waals surface area contributed by atoms with E-state index >= 15 is 0 Å². The number of fused-ring (bicyclic) bond motifs is 4. The lowest BCUT2D eigenvalue weighted by Gasteiger charge is -2.53. The van der Waals surface area contributed by atoms with Crippen LogP contribution >= 0.6 is 15.9 Å². The number of rotatable bonds is 1. The quantitative estimate of drug-likeness (QED) is 0.721. The van der Waals surface area contributed by atoms with Crippen LogP contribution in [0.15, 0.2) is 22.7 Å². The van der Waals surface area contributed by atoms with Crippen molar-refractivity contribution in [2.75, 3.05) is 6.61 Å². The van der Waals surface area contributed by atoms with Crippen LogP contribution in [-0.2, 0) is 10.2 Å². The standard InChI is InChI=1S/C18H23BrO2/c1-17(2)10-16(18-7-5-13(6-8-18)20-11-18)21-15-4-3-12(19)9-14(15)17/h3-4,9,13,16H,5-8,10-11H2,1-2H3. The van der Waals surface area contributed by atoms with Crippen molar-refractivity contribution in [2.45, 2.75) is 63.6 Å². The molecule has 2 nitrogen and oxygen atoms in total. The number of hydrogen-bond donors (Lipinski definition) is 0. The van der Waals surface area contributed by atoms with Crippen LogP contribution in [0.2, 0.25) is 0 Å². The van der Waals surface area contributed by atoms with Gasteiger partial charge in [0.1, 0.15) is 11.9 Å². The van der Waals surface area contributed by atoms with E-state index in [1.54, 1.807) is 0 Å². The maximum atomic E-state index is 6.48. The Bertz CT molecular complexity index is 545. The Labute approximate surface area is 135 Å². The molecule has 4 aliphatic rings. The molecule has 0 spiro atoms. The summed E-state index contributed by atoms with van der Waals surface area (Å²) in [4.78, 5) is 0. The topological polar surface area (TPSA) is 18.5 Å². The molecular formula is C18H23BrO2. The fraction of sp³-hybridized carbons (Fsp3) is 0.667. The third-order valence-corrected chi connectivity index (χ3v) is 6.35. The van der Waals surface area contributed by atoms with E-state index in [4.69, 9.17) is 9.47 Å². The van der Waals surface area contributed by atoms with E-state index < -0.39 is 0 Å². The maximum absolute atomic E-state index is 6.48. The molecule has 1 saturated carbocycles. The third kappa shape index (κ3) is 2.24. The summed E-state index contributed by atoms with van der Waals surface area (Å²) in [5.74, 6) is 1.07. The fourth-order valence-corrected chi connectivity index (χ4v) is 4.78. The zero-order valence-electron chi connectivity index (χ0n) is 12.8. The first-order valence-corrected chi connectivity index (χ1v) is 8.86. The molecule has 1 aromatic carbocycles. The van der Waals surface area contributed by atoms with E-state index in [2.05, 4.69) is 48.0 Å². The van der Waals surface area contributed by atoms with Crippen LogP contribution in [0.1, 0.15) is 51.5 Å². The first-order chi connectivity index (χ1) is 9.98. The van der Waals surface area contributed by atoms with Crippen LogP contribution in [0.4, 0.5) is 0 Å². The van der Waals surface area contributed by atoms with Gasteiger partial charge in [0, 0.05) is 15.5 Å². The van der Waals surface area contributed by atoms with Gasteiger partial charge in [-0.1, -0.05) is 29.8 Å². The summed E-state index contributed by atoms with van der Waals surface area (Å²) in [6.45, 7) is 5.59. The number of benzene rings is 1. The zero-order valence-corrected chi connectivity index (χ0v) is 14.4. The molecule has 2 bridgehead atoms. The van der Waals surface area contributed by atoms with Crippen molar-refractivity contribution in [1.82, 2.24) is 0 Å². The Kier molecular flexibility index (Phi) is 3.17. The average molecular weight is 351 g/mol. The van der Waals surface area contributed by atoms with Gasteiger partial charge in [-0.2, -0.15) is 0 Å². The monoisotopic (exact) mass is 350 g/mol. The Morgan fingerprint density at radius 3 is 2.62 bits per heavy atom. The summed E-state index contributed by atoms with van der Waals surface area (Å²) in [7, 11) is 0. The molecule has 1 unspecified atom stereocenters. The molecule has 2 saturated heterocycles. The minimum atomic E-state index is 0.158. The van der Waals surface area contributed by atoms with Crippen molar-refractivity contribution in [3.05, 3.63) is 28.2 Å². The Morgan fingerprint density at radius 1 is 1.19 bits per heavy atom. The van der Waals surface area contributed by atoms with Gasteiger partial charge in [0.25, 0.3) is 0 Å². The lowest BCUT2D eigenvalue weighted by atomic mass is 9.63. The maximum Gasteiger partial charge on any atom is 0.123 e. The second-order valence-corrected chi connectivity index (χ2v) is 8.62. The first-order valence-electron chi connectivity index (χ1n) is 8.07. The van der Waals surface area contributed by atoms with Crippen molar-refractivity contribution in [3.63, 3.8) is 0 Å². The van der Waals surface area contributed by atoms with Gasteiger partial charge < -0.3 is 9.47 Å². The van der Waals surface area contributed by atoms with Gasteiger partial charge in [-0.3, -0.25) is 0 Å². The summed E-state index contributed by atoms with van der Waals surface area (Å²) in [6, 6.07) is 6.43. The average Bonchev–Trinajstić information content (AvgIpc) is 2.49. The van der Waals surface area contributed by atoms with Crippen molar-refractivity contribution in [3.8, 4) is 5.75 Å². The predicted octanol–water partition coefficient (Wildman–Crippen LogP) is 4.84. The number of ether oxygens (including phenoxy) is 2. The molecule has 114 valence electrons. The zero-order chi connectivity index (χ0) is 14.7. The fourth-order valence-electron chi connectivity index (χ4n) is 4.42. The van der Waals surface area contributed by atoms with Gasteiger partial charge in [-0.15, -0.1) is 0 Å². The van der Waals surface area contributed by atoms with E-state index in [1.807, 2.05) is 0 Å². The van der Waals surface area contributed by atoms with E-state index in [1.165, 1.54) is 31.2 Å². The van der Waals surface area contributed by atoms with E-state index in [-0.39, 0.29) is 10.8 Å². The van der Waals surface area contributed by atoms with E-state index in [0.717, 1.165) is 23.2 Å². The van der Waals surface area contributed by atoms with Crippen molar-refractivity contribution in [2.24, 2.45) is 5.41 Å². The minimum Gasteiger partial charge on any atom is -0.489 e. The van der Waals surface area contributed by atoms with Crippen LogP contribution in [0.25, 0.3) is 0 Å². The lowest BCUT2D eigenvalue weighted by Crippen LogP contribution is -2.54. The summed E-state index contributed by atoms with van der Waals surface area (Å²) >= 11 is 3.59. The molecule has 3 fully saturated rings. The SMILES string of the molecule is CC1(C)CC(C23CCC(CC2)OC3)Oc2ccc(Br)cc21. The molecule has 1 aromatic rings. The molecule has 0 amide bonds. The van der Waals surface area contributed by atoms with Crippen LogP contribution in [0.5, 0.6) is 5.75 Å². The van der Waals surface area contributed by atoms with Gasteiger partial charge in [0.15, 0.2) is 0 Å². The summed E-state index contributed by atoms with van der Waals surface area (Å²) in [5.41, 5.74) is 1.73. The Hall–Kier alpha value is -0.540. The molecule has 3 aliphatic heterocycles. The lowest BCUT2D eigenvalue weighted by molar-refractivity contribution is -0.160. The molecular weight excluding hydrogens is 328 g/mol. The van der Waals surface area contributed by atoms with Gasteiger partial charge in [0.05, 0.1) is 12.7 Å². The van der Waals surface area contributed by atoms with Crippen LogP contribution in [0.3, 0.4) is 0 Å². The molecule has 1 aliphatic carbocycles. The highest BCUT2D eigenvalue weighted by molar-refractivity contribution is 9.10. The van der Waals surface area contributed by atoms with E-state index in [0.29, 0.717) is 12.2 Å². The Morgan fingerprint density at radius 2 is 1.95 bits per heavy atom. The first kappa shape index (κ1) is 14.1. The second-order valence-electron chi connectivity index (χ2n) is 7.71. The molecule has 21 heavy (non-hydrogen) atoms.